The van der Waals surface area contributed by atoms with Gasteiger partial charge in [0, 0.05) is 29.5 Å². The highest BCUT2D eigenvalue weighted by atomic mass is 35.5. The lowest BCUT2D eigenvalue weighted by molar-refractivity contribution is -0.138. The van der Waals surface area contributed by atoms with Gasteiger partial charge in [0.2, 0.25) is 5.91 Å². The lowest BCUT2D eigenvalue weighted by Gasteiger charge is -2.19. The number of amides is 2. The Bertz CT molecular complexity index is 1520. The summed E-state index contributed by atoms with van der Waals surface area (Å²) in [5, 5.41) is 8.82. The fourth-order valence-electron chi connectivity index (χ4n) is 4.62. The SMILES string of the molecule is CC(NC1CCN(C2=NC(=O)/C(=C/c3ccc4c(cnn4Cc4ccc(Cl)cc4C(F)(F)F)c3)S2)C1)C(N)=O. The molecule has 39 heavy (non-hydrogen) atoms. The number of nitrogens with two attached hydrogens (primary N) is 1. The van der Waals surface area contributed by atoms with E-state index in [0.29, 0.717) is 28.7 Å². The maximum Gasteiger partial charge on any atom is 0.416 e. The number of nitrogens with one attached hydrogen (secondary N) is 1. The third-order valence-electron chi connectivity index (χ3n) is 6.64. The molecule has 2 unspecified atom stereocenters. The summed E-state index contributed by atoms with van der Waals surface area (Å²) >= 11 is 7.08. The van der Waals surface area contributed by atoms with Crippen molar-refractivity contribution in [3.8, 4) is 0 Å². The first-order valence-electron chi connectivity index (χ1n) is 12.1. The number of nitrogens with zero attached hydrogens (tertiary/aromatic N) is 4. The number of alkyl halides is 3. The Morgan fingerprint density at radius 1 is 1.31 bits per heavy atom. The minimum absolute atomic E-state index is 0.0134. The standard InChI is InChI=1S/C26H24ClF3N6O2S/c1-14(23(31)37)33-19-6-7-35(13-19)25-34-24(38)22(39-25)9-15-2-5-21-17(8-15)11-32-36(21)12-16-3-4-18(27)10-20(16)26(28,29)30/h2-5,8-11,14,19,33H,6-7,12-13H2,1H3,(H2,31,37)/b22-9-. The summed E-state index contributed by atoms with van der Waals surface area (Å²) < 4.78 is 42.0. The van der Waals surface area contributed by atoms with Gasteiger partial charge in [-0.05, 0) is 66.6 Å². The molecule has 2 aromatic carbocycles. The smallest absolute Gasteiger partial charge is 0.368 e. The van der Waals surface area contributed by atoms with Gasteiger partial charge in [0.05, 0.1) is 34.8 Å². The topological polar surface area (TPSA) is 106 Å². The number of aromatic nitrogens is 2. The summed E-state index contributed by atoms with van der Waals surface area (Å²) in [6.07, 6.45) is -0.423. The number of likely N-dealkylation sites (tertiary alicyclic amines) is 1. The molecule has 2 atom stereocenters. The number of primary amides is 1. The van der Waals surface area contributed by atoms with Crippen LogP contribution >= 0.6 is 23.4 Å². The van der Waals surface area contributed by atoms with Crippen LogP contribution in [0.4, 0.5) is 13.2 Å². The zero-order chi connectivity index (χ0) is 27.9. The van der Waals surface area contributed by atoms with Crippen LogP contribution in [-0.2, 0) is 22.3 Å². The fourth-order valence-corrected chi connectivity index (χ4v) is 5.74. The highest BCUT2D eigenvalue weighted by molar-refractivity contribution is 8.18. The maximum atomic E-state index is 13.5. The normalized spacial score (nSPS) is 19.8. The van der Waals surface area contributed by atoms with Crippen LogP contribution in [0.25, 0.3) is 17.0 Å². The van der Waals surface area contributed by atoms with E-state index in [9.17, 15) is 22.8 Å². The van der Waals surface area contributed by atoms with E-state index in [2.05, 4.69) is 15.4 Å². The summed E-state index contributed by atoms with van der Waals surface area (Å²) in [6, 6.07) is 8.70. The molecule has 2 aliphatic heterocycles. The van der Waals surface area contributed by atoms with Crippen molar-refractivity contribution in [3.63, 3.8) is 0 Å². The highest BCUT2D eigenvalue weighted by Crippen LogP contribution is 2.35. The molecule has 1 saturated heterocycles. The van der Waals surface area contributed by atoms with Crippen molar-refractivity contribution in [2.24, 2.45) is 10.7 Å². The molecule has 204 valence electrons. The molecular formula is C26H24ClF3N6O2S. The van der Waals surface area contributed by atoms with Gasteiger partial charge in [0.25, 0.3) is 5.91 Å². The van der Waals surface area contributed by atoms with Crippen molar-refractivity contribution < 1.29 is 22.8 Å². The van der Waals surface area contributed by atoms with Gasteiger partial charge in [0.1, 0.15) is 0 Å². The third kappa shape index (κ3) is 5.97. The summed E-state index contributed by atoms with van der Waals surface area (Å²) in [7, 11) is 0. The average molecular weight is 577 g/mol. The number of aliphatic imine (C=N–C) groups is 1. The zero-order valence-corrected chi connectivity index (χ0v) is 22.3. The number of fused-ring (bicyclic) bond motifs is 1. The molecule has 0 saturated carbocycles. The second-order valence-electron chi connectivity index (χ2n) is 9.45. The number of rotatable bonds is 6. The molecule has 3 N–H and O–H groups in total. The molecule has 13 heteroatoms. The minimum Gasteiger partial charge on any atom is -0.368 e. The molecule has 3 aromatic rings. The van der Waals surface area contributed by atoms with Crippen LogP contribution in [0.3, 0.4) is 0 Å². The third-order valence-corrected chi connectivity index (χ3v) is 7.92. The van der Waals surface area contributed by atoms with E-state index in [-0.39, 0.29) is 29.1 Å². The average Bonchev–Trinajstić information content (AvgIpc) is 3.59. The predicted molar refractivity (Wildman–Crippen MR) is 145 cm³/mol. The maximum absolute atomic E-state index is 13.5. The van der Waals surface area contributed by atoms with Crippen LogP contribution in [0.2, 0.25) is 5.02 Å². The zero-order valence-electron chi connectivity index (χ0n) is 20.7. The van der Waals surface area contributed by atoms with E-state index >= 15 is 0 Å². The van der Waals surface area contributed by atoms with Crippen molar-refractivity contribution in [1.82, 2.24) is 20.0 Å². The van der Waals surface area contributed by atoms with Gasteiger partial charge in [-0.1, -0.05) is 23.7 Å². The van der Waals surface area contributed by atoms with Crippen LogP contribution in [-0.4, -0.2) is 56.8 Å². The van der Waals surface area contributed by atoms with E-state index in [1.54, 1.807) is 31.3 Å². The van der Waals surface area contributed by atoms with E-state index in [4.69, 9.17) is 17.3 Å². The van der Waals surface area contributed by atoms with Crippen molar-refractivity contribution >= 4 is 57.3 Å². The quantitative estimate of drug-likeness (QED) is 0.425. The molecule has 0 bridgehead atoms. The number of halogens is 4. The van der Waals surface area contributed by atoms with Gasteiger partial charge in [0.15, 0.2) is 5.17 Å². The summed E-state index contributed by atoms with van der Waals surface area (Å²) in [5.41, 5.74) is 5.99. The Labute approximate surface area is 231 Å². The Morgan fingerprint density at radius 2 is 2.10 bits per heavy atom. The van der Waals surface area contributed by atoms with Gasteiger partial charge >= 0.3 is 6.18 Å². The van der Waals surface area contributed by atoms with E-state index in [1.807, 2.05) is 11.0 Å². The second kappa shape index (κ2) is 10.7. The molecule has 2 amide bonds. The largest absolute Gasteiger partial charge is 0.416 e. The van der Waals surface area contributed by atoms with E-state index < -0.39 is 23.7 Å². The lowest BCUT2D eigenvalue weighted by Crippen LogP contribution is -2.45. The van der Waals surface area contributed by atoms with Crippen molar-refractivity contribution in [3.05, 3.63) is 69.2 Å². The molecule has 5 rings (SSSR count). The Hall–Kier alpha value is -3.35. The Balaban J connectivity index is 1.29. The number of thioether (sulfide) groups is 1. The summed E-state index contributed by atoms with van der Waals surface area (Å²) in [6.45, 7) is 2.95. The van der Waals surface area contributed by atoms with Gasteiger partial charge in [-0.25, -0.2) is 0 Å². The van der Waals surface area contributed by atoms with Crippen molar-refractivity contribution in [2.75, 3.05) is 13.1 Å². The number of amidine groups is 1. The lowest BCUT2D eigenvalue weighted by atomic mass is 10.1. The molecule has 1 aromatic heterocycles. The molecule has 0 aliphatic carbocycles. The first kappa shape index (κ1) is 27.2. The molecular weight excluding hydrogens is 553 g/mol. The first-order chi connectivity index (χ1) is 18.5. The summed E-state index contributed by atoms with van der Waals surface area (Å²) in [5.74, 6) is -0.755. The van der Waals surface area contributed by atoms with E-state index in [0.717, 1.165) is 23.4 Å². The van der Waals surface area contributed by atoms with Crippen LogP contribution in [0.15, 0.2) is 52.5 Å². The number of hydrogen-bond donors (Lipinski definition) is 2. The van der Waals surface area contributed by atoms with Gasteiger partial charge < -0.3 is 16.0 Å². The monoisotopic (exact) mass is 576 g/mol. The van der Waals surface area contributed by atoms with Gasteiger partial charge in [-0.3, -0.25) is 14.3 Å². The van der Waals surface area contributed by atoms with Crippen LogP contribution in [0.5, 0.6) is 0 Å². The molecule has 0 spiro atoms. The Morgan fingerprint density at radius 3 is 2.85 bits per heavy atom. The second-order valence-corrected chi connectivity index (χ2v) is 10.9. The van der Waals surface area contributed by atoms with Crippen LogP contribution < -0.4 is 11.1 Å². The van der Waals surface area contributed by atoms with Gasteiger partial charge in [-0.15, -0.1) is 0 Å². The molecule has 1 fully saturated rings. The number of hydrogen-bond acceptors (Lipinski definition) is 6. The number of benzene rings is 2. The van der Waals surface area contributed by atoms with Crippen molar-refractivity contribution in [2.45, 2.75) is 38.1 Å². The van der Waals surface area contributed by atoms with Gasteiger partial charge in [-0.2, -0.15) is 23.3 Å². The van der Waals surface area contributed by atoms with E-state index in [1.165, 1.54) is 28.6 Å². The fraction of sp³-hybridized carbons (Fsp3) is 0.308. The minimum atomic E-state index is -4.54. The summed E-state index contributed by atoms with van der Waals surface area (Å²) in [4.78, 5) is 30.6. The van der Waals surface area contributed by atoms with Crippen molar-refractivity contribution in [1.29, 1.82) is 0 Å². The Kier molecular flexibility index (Phi) is 7.45. The molecule has 2 aliphatic rings. The van der Waals surface area contributed by atoms with Crippen LogP contribution in [0, 0.1) is 0 Å². The predicted octanol–water partition coefficient (Wildman–Crippen LogP) is 4.26. The molecule has 0 radical (unpaired) electrons. The highest BCUT2D eigenvalue weighted by Gasteiger charge is 2.34. The molecule has 8 nitrogen and oxygen atoms in total. The number of carbonyl (C=O) groups excluding carboxylic acids is 2. The van der Waals surface area contributed by atoms with Crippen LogP contribution in [0.1, 0.15) is 30.0 Å². The number of carbonyl (C=O) groups is 2. The molecule has 3 heterocycles. The first-order valence-corrected chi connectivity index (χ1v) is 13.3.